The molecule has 1 atom stereocenters. The summed E-state index contributed by atoms with van der Waals surface area (Å²) in [4.78, 5) is 39.3. The number of alkyl halides is 3. The number of hydrogen-bond donors (Lipinski definition) is 3. The third-order valence-electron chi connectivity index (χ3n) is 6.16. The van der Waals surface area contributed by atoms with Crippen LogP contribution in [0, 0.1) is 5.82 Å². The summed E-state index contributed by atoms with van der Waals surface area (Å²) in [6.07, 6.45) is -3.59. The van der Waals surface area contributed by atoms with Crippen molar-refractivity contribution in [3.63, 3.8) is 0 Å². The second kappa shape index (κ2) is 14.6. The topological polar surface area (TPSA) is 87.3 Å². The summed E-state index contributed by atoms with van der Waals surface area (Å²) in [6, 6.07) is 21.4. The van der Waals surface area contributed by atoms with Crippen LogP contribution in [-0.2, 0) is 15.8 Å². The van der Waals surface area contributed by atoms with Gasteiger partial charge in [0.2, 0.25) is 5.91 Å². The molecular formula is C32H23Cl2F4N3O3S. The van der Waals surface area contributed by atoms with Crippen LogP contribution >= 0.6 is 35.0 Å². The fourth-order valence-corrected chi connectivity index (χ4v) is 5.16. The SMILES string of the molecule is CC(Sc1ccc(NC(=O)/C(=C/c2c(F)cccc2Cl)NC(=O)c2ccccc2)cc1)C(=O)Nc1ccc(Cl)cc1C(F)(F)F. The van der Waals surface area contributed by atoms with Crippen LogP contribution in [0.4, 0.5) is 28.9 Å². The number of amides is 3. The van der Waals surface area contributed by atoms with Crippen molar-refractivity contribution < 1.29 is 31.9 Å². The fourth-order valence-electron chi connectivity index (χ4n) is 3.90. The van der Waals surface area contributed by atoms with Crippen molar-refractivity contribution >= 4 is 70.1 Å². The normalized spacial score (nSPS) is 12.3. The van der Waals surface area contributed by atoms with Gasteiger partial charge in [0.15, 0.2) is 0 Å². The molecule has 0 saturated heterocycles. The van der Waals surface area contributed by atoms with E-state index in [1.807, 2.05) is 0 Å². The summed E-state index contributed by atoms with van der Waals surface area (Å²) >= 11 is 12.9. The lowest BCUT2D eigenvalue weighted by Gasteiger charge is -2.17. The molecule has 0 radical (unpaired) electrons. The first kappa shape index (κ1) is 33.6. The van der Waals surface area contributed by atoms with E-state index in [0.717, 1.165) is 36.0 Å². The molecule has 0 aliphatic heterocycles. The molecule has 3 amide bonds. The molecule has 0 heterocycles. The van der Waals surface area contributed by atoms with Gasteiger partial charge in [-0.2, -0.15) is 13.2 Å². The van der Waals surface area contributed by atoms with Crippen molar-refractivity contribution in [2.45, 2.75) is 23.2 Å². The first-order chi connectivity index (χ1) is 21.3. The molecule has 0 spiro atoms. The van der Waals surface area contributed by atoms with Gasteiger partial charge in [-0.05, 0) is 79.7 Å². The zero-order chi connectivity index (χ0) is 32.7. The van der Waals surface area contributed by atoms with E-state index in [0.29, 0.717) is 10.6 Å². The summed E-state index contributed by atoms with van der Waals surface area (Å²) in [5, 5.41) is 6.54. The van der Waals surface area contributed by atoms with Crippen molar-refractivity contribution in [2.75, 3.05) is 10.6 Å². The highest BCUT2D eigenvalue weighted by Crippen LogP contribution is 2.37. The van der Waals surface area contributed by atoms with Gasteiger partial charge in [0.1, 0.15) is 11.5 Å². The third-order valence-corrected chi connectivity index (χ3v) is 7.83. The van der Waals surface area contributed by atoms with Crippen LogP contribution in [0.1, 0.15) is 28.4 Å². The highest BCUT2D eigenvalue weighted by Gasteiger charge is 2.34. The summed E-state index contributed by atoms with van der Waals surface area (Å²) in [6.45, 7) is 1.53. The van der Waals surface area contributed by atoms with Crippen molar-refractivity contribution in [2.24, 2.45) is 0 Å². The minimum atomic E-state index is -4.72. The van der Waals surface area contributed by atoms with E-state index in [4.69, 9.17) is 23.2 Å². The molecule has 0 saturated carbocycles. The van der Waals surface area contributed by atoms with Gasteiger partial charge in [0.05, 0.1) is 21.5 Å². The number of carbonyl (C=O) groups is 3. The lowest BCUT2D eigenvalue weighted by atomic mass is 10.1. The van der Waals surface area contributed by atoms with E-state index in [-0.39, 0.29) is 26.9 Å². The maximum absolute atomic E-state index is 14.5. The van der Waals surface area contributed by atoms with Gasteiger partial charge in [-0.3, -0.25) is 14.4 Å². The number of halogens is 6. The smallest absolute Gasteiger partial charge is 0.325 e. The van der Waals surface area contributed by atoms with Crippen LogP contribution in [0.2, 0.25) is 10.0 Å². The number of benzene rings is 4. The number of anilines is 2. The number of rotatable bonds is 9. The van der Waals surface area contributed by atoms with Gasteiger partial charge in [-0.25, -0.2) is 4.39 Å². The van der Waals surface area contributed by atoms with E-state index in [1.54, 1.807) is 42.5 Å². The van der Waals surface area contributed by atoms with Crippen LogP contribution < -0.4 is 16.0 Å². The minimum absolute atomic E-state index is 0.0273. The van der Waals surface area contributed by atoms with Gasteiger partial charge >= 0.3 is 6.18 Å². The predicted octanol–water partition coefficient (Wildman–Crippen LogP) is 8.68. The van der Waals surface area contributed by atoms with Gasteiger partial charge in [0.25, 0.3) is 11.8 Å². The zero-order valence-corrected chi connectivity index (χ0v) is 25.5. The molecule has 0 fully saturated rings. The second-order valence-electron chi connectivity index (χ2n) is 9.43. The molecular weight excluding hydrogens is 653 g/mol. The number of hydrogen-bond acceptors (Lipinski definition) is 4. The molecule has 0 bridgehead atoms. The third kappa shape index (κ3) is 9.10. The van der Waals surface area contributed by atoms with E-state index in [1.165, 1.54) is 37.3 Å². The Bertz CT molecular complexity index is 1730. The molecule has 4 aromatic rings. The van der Waals surface area contributed by atoms with Crippen LogP contribution in [0.15, 0.2) is 102 Å². The van der Waals surface area contributed by atoms with Gasteiger partial charge in [0, 0.05) is 26.7 Å². The van der Waals surface area contributed by atoms with Gasteiger partial charge in [-0.15, -0.1) is 11.8 Å². The van der Waals surface area contributed by atoms with E-state index >= 15 is 0 Å². The summed E-state index contributed by atoms with van der Waals surface area (Å²) in [5.74, 6) is -2.74. The van der Waals surface area contributed by atoms with Gasteiger partial charge in [-0.1, -0.05) is 47.5 Å². The maximum Gasteiger partial charge on any atom is 0.418 e. The lowest BCUT2D eigenvalue weighted by Crippen LogP contribution is -2.30. The molecule has 4 aromatic carbocycles. The maximum atomic E-state index is 14.5. The van der Waals surface area contributed by atoms with Crippen molar-refractivity contribution in [3.05, 3.63) is 129 Å². The molecule has 4 rings (SSSR count). The van der Waals surface area contributed by atoms with Crippen molar-refractivity contribution in [1.82, 2.24) is 5.32 Å². The van der Waals surface area contributed by atoms with Crippen molar-refractivity contribution in [1.29, 1.82) is 0 Å². The average Bonchev–Trinajstić information content (AvgIpc) is 3.00. The van der Waals surface area contributed by atoms with Crippen LogP contribution in [0.3, 0.4) is 0 Å². The molecule has 1 unspecified atom stereocenters. The fraction of sp³-hybridized carbons (Fsp3) is 0.0938. The Morgan fingerprint density at radius 2 is 1.56 bits per heavy atom. The quantitative estimate of drug-likeness (QED) is 0.0941. The van der Waals surface area contributed by atoms with Crippen molar-refractivity contribution in [3.8, 4) is 0 Å². The second-order valence-corrected chi connectivity index (χ2v) is 11.7. The number of nitrogens with one attached hydrogen (secondary N) is 3. The monoisotopic (exact) mass is 675 g/mol. The van der Waals surface area contributed by atoms with Crippen LogP contribution in [0.5, 0.6) is 0 Å². The minimum Gasteiger partial charge on any atom is -0.325 e. The standard InChI is InChI=1S/C32H23Cl2F4N3O3S/c1-18(29(42)40-27-15-10-20(33)16-24(27)32(36,37)38)45-22-13-11-21(12-14-22)39-31(44)28(17-23-25(34)8-5-9-26(23)35)41-30(43)19-6-3-2-4-7-19/h2-18H,1H3,(H,39,44)(H,40,42)(H,41,43)/b28-17-. The Morgan fingerprint density at radius 3 is 2.20 bits per heavy atom. The highest BCUT2D eigenvalue weighted by atomic mass is 35.5. The predicted molar refractivity (Wildman–Crippen MR) is 169 cm³/mol. The Morgan fingerprint density at radius 1 is 0.867 bits per heavy atom. The van der Waals surface area contributed by atoms with Crippen LogP contribution in [-0.4, -0.2) is 23.0 Å². The molecule has 3 N–H and O–H groups in total. The summed E-state index contributed by atoms with van der Waals surface area (Å²) < 4.78 is 54.7. The average molecular weight is 677 g/mol. The Kier molecular flexibility index (Phi) is 10.9. The number of carbonyl (C=O) groups excluding carboxylic acids is 3. The molecule has 0 aliphatic carbocycles. The molecule has 232 valence electrons. The first-order valence-electron chi connectivity index (χ1n) is 13.1. The molecule has 0 aromatic heterocycles. The highest BCUT2D eigenvalue weighted by molar-refractivity contribution is 8.00. The summed E-state index contributed by atoms with van der Waals surface area (Å²) in [7, 11) is 0. The summed E-state index contributed by atoms with van der Waals surface area (Å²) in [5.41, 5.74) is -1.29. The van der Waals surface area contributed by atoms with Crippen LogP contribution in [0.25, 0.3) is 6.08 Å². The lowest BCUT2D eigenvalue weighted by molar-refractivity contribution is -0.137. The molecule has 6 nitrogen and oxygen atoms in total. The van der Waals surface area contributed by atoms with E-state index in [9.17, 15) is 31.9 Å². The Labute approximate surface area is 269 Å². The molecule has 45 heavy (non-hydrogen) atoms. The zero-order valence-electron chi connectivity index (χ0n) is 23.2. The molecule has 0 aliphatic rings. The Balaban J connectivity index is 1.46. The van der Waals surface area contributed by atoms with Gasteiger partial charge < -0.3 is 16.0 Å². The van der Waals surface area contributed by atoms with E-state index in [2.05, 4.69) is 16.0 Å². The van der Waals surface area contributed by atoms with E-state index < -0.39 is 46.2 Å². The molecule has 13 heteroatoms. The first-order valence-corrected chi connectivity index (χ1v) is 14.7. The largest absolute Gasteiger partial charge is 0.418 e. The Hall–Kier alpha value is -4.32. The number of thioether (sulfide) groups is 1.